The molecular weight excluding hydrogens is 182 g/mol. The summed E-state index contributed by atoms with van der Waals surface area (Å²) in [6, 6.07) is 0. The minimum atomic E-state index is 0.787. The molecule has 84 valence electrons. The molecule has 0 aromatic heterocycles. The second-order valence-corrected chi connectivity index (χ2v) is 4.33. The van der Waals surface area contributed by atoms with Gasteiger partial charge in [-0.25, -0.2) is 0 Å². The first-order valence-electron chi connectivity index (χ1n) is 5.90. The fraction of sp³-hybridized carbons (Fsp3) is 0.571. The molecule has 1 saturated carbocycles. The second kappa shape index (κ2) is 5.79. The van der Waals surface area contributed by atoms with Gasteiger partial charge in [-0.05, 0) is 43.8 Å². The molecule has 0 unspecified atom stereocenters. The summed E-state index contributed by atoms with van der Waals surface area (Å²) in [6.45, 7) is 8.24. The van der Waals surface area contributed by atoms with Gasteiger partial charge in [0.2, 0.25) is 0 Å². The average molecular weight is 205 g/mol. The largest absolute Gasteiger partial charge is 0.388 e. The normalized spacial score (nSPS) is 19.4. The Kier molecular flexibility index (Phi) is 4.67. The highest BCUT2D eigenvalue weighted by Gasteiger charge is 2.17. The molecule has 1 fully saturated rings. The molecule has 0 aliphatic heterocycles. The molecule has 15 heavy (non-hydrogen) atoms. The van der Waals surface area contributed by atoms with E-state index in [0.717, 1.165) is 11.6 Å². The van der Waals surface area contributed by atoms with E-state index in [1.807, 2.05) is 7.05 Å². The minimum Gasteiger partial charge on any atom is -0.388 e. The van der Waals surface area contributed by atoms with Crippen molar-refractivity contribution in [1.82, 2.24) is 5.32 Å². The van der Waals surface area contributed by atoms with E-state index in [9.17, 15) is 0 Å². The average Bonchev–Trinajstić information content (AvgIpc) is 2.77. The maximum atomic E-state index is 3.98. The van der Waals surface area contributed by atoms with Crippen LogP contribution in [0.4, 0.5) is 0 Å². The van der Waals surface area contributed by atoms with Crippen LogP contribution in [-0.4, -0.2) is 7.05 Å². The van der Waals surface area contributed by atoms with Crippen molar-refractivity contribution in [2.45, 2.75) is 39.5 Å². The summed E-state index contributed by atoms with van der Waals surface area (Å²) in [4.78, 5) is 0. The van der Waals surface area contributed by atoms with Gasteiger partial charge in [0.25, 0.3) is 0 Å². The van der Waals surface area contributed by atoms with E-state index in [0.29, 0.717) is 0 Å². The lowest BCUT2D eigenvalue weighted by Gasteiger charge is -2.12. The SMILES string of the molecule is C=C(NC)/C(C)=C\C(=C\C)C1CCCC1. The van der Waals surface area contributed by atoms with Crippen molar-refractivity contribution in [2.75, 3.05) is 7.05 Å². The summed E-state index contributed by atoms with van der Waals surface area (Å²) in [6.07, 6.45) is 10.0. The Labute approximate surface area is 94.0 Å². The van der Waals surface area contributed by atoms with Crippen molar-refractivity contribution < 1.29 is 0 Å². The van der Waals surface area contributed by atoms with Gasteiger partial charge < -0.3 is 5.32 Å². The van der Waals surface area contributed by atoms with Crippen molar-refractivity contribution in [1.29, 1.82) is 0 Å². The van der Waals surface area contributed by atoms with Crippen molar-refractivity contribution in [3.05, 3.63) is 35.6 Å². The molecular formula is C14H23N. The van der Waals surface area contributed by atoms with Gasteiger partial charge >= 0.3 is 0 Å². The Morgan fingerprint density at radius 3 is 2.40 bits per heavy atom. The molecule has 0 saturated heterocycles. The van der Waals surface area contributed by atoms with Crippen molar-refractivity contribution >= 4 is 0 Å². The van der Waals surface area contributed by atoms with E-state index in [2.05, 4.69) is 37.9 Å². The van der Waals surface area contributed by atoms with Crippen molar-refractivity contribution in [2.24, 2.45) is 5.92 Å². The van der Waals surface area contributed by atoms with Crippen LogP contribution in [0.2, 0.25) is 0 Å². The molecule has 0 bridgehead atoms. The molecule has 0 spiro atoms. The van der Waals surface area contributed by atoms with Gasteiger partial charge in [0.05, 0.1) is 0 Å². The Bertz CT molecular complexity index is 278. The van der Waals surface area contributed by atoms with Gasteiger partial charge in [0.15, 0.2) is 0 Å². The van der Waals surface area contributed by atoms with Gasteiger partial charge in [-0.3, -0.25) is 0 Å². The maximum Gasteiger partial charge on any atom is 0.0294 e. The minimum absolute atomic E-state index is 0.787. The summed E-state index contributed by atoms with van der Waals surface area (Å²) in [7, 11) is 1.92. The molecule has 0 aromatic rings. The van der Waals surface area contributed by atoms with E-state index in [4.69, 9.17) is 0 Å². The molecule has 1 aliphatic carbocycles. The van der Waals surface area contributed by atoms with Crippen LogP contribution in [0.5, 0.6) is 0 Å². The first kappa shape index (κ1) is 12.1. The highest BCUT2D eigenvalue weighted by molar-refractivity contribution is 5.34. The van der Waals surface area contributed by atoms with Crippen LogP contribution < -0.4 is 5.32 Å². The zero-order valence-corrected chi connectivity index (χ0v) is 10.3. The summed E-state index contributed by atoms with van der Waals surface area (Å²) in [5.41, 5.74) is 3.76. The lowest BCUT2D eigenvalue weighted by atomic mass is 9.95. The molecule has 1 aliphatic rings. The monoisotopic (exact) mass is 205 g/mol. The molecule has 0 radical (unpaired) electrons. The standard InChI is InChI=1S/C14H23N/c1-5-13(14-8-6-7-9-14)10-11(2)12(3)15-4/h5,10,14-15H,3,6-9H2,1-2,4H3/b11-10-,13-5-. The van der Waals surface area contributed by atoms with Gasteiger partial charge in [-0.1, -0.05) is 31.6 Å². The Balaban J connectivity index is 2.71. The topological polar surface area (TPSA) is 12.0 Å². The number of nitrogens with one attached hydrogen (secondary N) is 1. The second-order valence-electron chi connectivity index (χ2n) is 4.33. The number of hydrogen-bond acceptors (Lipinski definition) is 1. The van der Waals surface area contributed by atoms with Crippen molar-refractivity contribution in [3.63, 3.8) is 0 Å². The summed E-state index contributed by atoms with van der Waals surface area (Å²) in [5, 5.41) is 3.09. The predicted octanol–water partition coefficient (Wildman–Crippen LogP) is 3.80. The molecule has 1 nitrogen and oxygen atoms in total. The summed E-state index contributed by atoms with van der Waals surface area (Å²) in [5.74, 6) is 0.787. The highest BCUT2D eigenvalue weighted by atomic mass is 14.8. The third-order valence-electron chi connectivity index (χ3n) is 3.32. The highest BCUT2D eigenvalue weighted by Crippen LogP contribution is 2.32. The molecule has 0 heterocycles. The van der Waals surface area contributed by atoms with Crippen LogP contribution in [0.1, 0.15) is 39.5 Å². The lowest BCUT2D eigenvalue weighted by Crippen LogP contribution is -2.06. The van der Waals surface area contributed by atoms with E-state index in [-0.39, 0.29) is 0 Å². The Morgan fingerprint density at radius 1 is 1.33 bits per heavy atom. The molecule has 1 N–H and O–H groups in total. The van der Waals surface area contributed by atoms with Crippen molar-refractivity contribution in [3.8, 4) is 0 Å². The van der Waals surface area contributed by atoms with E-state index in [1.165, 1.54) is 36.8 Å². The van der Waals surface area contributed by atoms with E-state index >= 15 is 0 Å². The quantitative estimate of drug-likeness (QED) is 0.688. The van der Waals surface area contributed by atoms with Crippen LogP contribution in [0.25, 0.3) is 0 Å². The molecule has 1 heteroatoms. The molecule has 0 atom stereocenters. The third-order valence-corrected chi connectivity index (χ3v) is 3.32. The Hall–Kier alpha value is -0.980. The van der Waals surface area contributed by atoms with E-state index < -0.39 is 0 Å². The van der Waals surface area contributed by atoms with Crippen LogP contribution in [0.3, 0.4) is 0 Å². The molecule has 0 aromatic carbocycles. The van der Waals surface area contributed by atoms with Crippen LogP contribution in [-0.2, 0) is 0 Å². The maximum absolute atomic E-state index is 3.98. The third kappa shape index (κ3) is 3.26. The van der Waals surface area contributed by atoms with Crippen LogP contribution in [0.15, 0.2) is 35.6 Å². The number of allylic oxidation sites excluding steroid dienone is 4. The Morgan fingerprint density at radius 2 is 1.93 bits per heavy atom. The van der Waals surface area contributed by atoms with Gasteiger partial charge in [-0.15, -0.1) is 0 Å². The van der Waals surface area contributed by atoms with Gasteiger partial charge in [-0.2, -0.15) is 0 Å². The van der Waals surface area contributed by atoms with Gasteiger partial charge in [0.1, 0.15) is 0 Å². The molecule has 0 amide bonds. The summed E-state index contributed by atoms with van der Waals surface area (Å²) >= 11 is 0. The summed E-state index contributed by atoms with van der Waals surface area (Å²) < 4.78 is 0. The smallest absolute Gasteiger partial charge is 0.0294 e. The zero-order valence-electron chi connectivity index (χ0n) is 10.3. The number of hydrogen-bond donors (Lipinski definition) is 1. The zero-order chi connectivity index (χ0) is 11.3. The van der Waals surface area contributed by atoms with Crippen LogP contribution in [0, 0.1) is 5.92 Å². The predicted molar refractivity (Wildman–Crippen MR) is 67.7 cm³/mol. The fourth-order valence-electron chi connectivity index (χ4n) is 2.23. The van der Waals surface area contributed by atoms with Gasteiger partial charge in [0, 0.05) is 12.7 Å². The first-order valence-corrected chi connectivity index (χ1v) is 5.90. The fourth-order valence-corrected chi connectivity index (χ4v) is 2.23. The lowest BCUT2D eigenvalue weighted by molar-refractivity contribution is 0.655. The molecule has 1 rings (SSSR count). The first-order chi connectivity index (χ1) is 7.19. The number of likely N-dealkylation sites (N-methyl/N-ethyl adjacent to an activating group) is 1. The van der Waals surface area contributed by atoms with Crippen LogP contribution >= 0.6 is 0 Å². The van der Waals surface area contributed by atoms with E-state index in [1.54, 1.807) is 0 Å². The number of rotatable bonds is 4.